The van der Waals surface area contributed by atoms with Crippen LogP contribution in [0, 0.1) is 6.92 Å². The van der Waals surface area contributed by atoms with Gasteiger partial charge in [-0.25, -0.2) is 4.21 Å². The zero-order chi connectivity index (χ0) is 13.1. The highest BCUT2D eigenvalue weighted by Crippen LogP contribution is 2.30. The molecule has 2 aromatic rings. The average Bonchev–Trinajstić information content (AvgIpc) is 2.38. The van der Waals surface area contributed by atoms with E-state index in [9.17, 15) is 8.76 Å². The standard InChI is InChI=1S/C14H14O3S/c1-10-3-5-11(6-4-10)13-9-12(17-2)7-8-14(13)18(15)16/h3-9H,1-2H3,(H,15,16). The first-order valence-electron chi connectivity index (χ1n) is 5.48. The third kappa shape index (κ3) is 2.60. The van der Waals surface area contributed by atoms with Crippen LogP contribution in [0.1, 0.15) is 5.56 Å². The van der Waals surface area contributed by atoms with Gasteiger partial charge in [-0.3, -0.25) is 0 Å². The molecule has 0 radical (unpaired) electrons. The second-order valence-corrected chi connectivity index (χ2v) is 4.92. The summed E-state index contributed by atoms with van der Waals surface area (Å²) in [6, 6.07) is 12.9. The van der Waals surface area contributed by atoms with E-state index in [0.29, 0.717) is 10.6 Å². The lowest BCUT2D eigenvalue weighted by Crippen LogP contribution is -1.94. The average molecular weight is 262 g/mol. The first kappa shape index (κ1) is 12.8. The Morgan fingerprint density at radius 2 is 1.78 bits per heavy atom. The van der Waals surface area contributed by atoms with E-state index in [-0.39, 0.29) is 0 Å². The number of hydrogen-bond acceptors (Lipinski definition) is 2. The molecule has 0 aromatic heterocycles. The highest BCUT2D eigenvalue weighted by Gasteiger charge is 2.11. The summed E-state index contributed by atoms with van der Waals surface area (Å²) in [7, 11) is 1.57. The lowest BCUT2D eigenvalue weighted by molar-refractivity contribution is 0.414. The number of ether oxygens (including phenoxy) is 1. The molecule has 2 aromatic carbocycles. The van der Waals surface area contributed by atoms with Crippen molar-refractivity contribution in [1.29, 1.82) is 0 Å². The Hall–Kier alpha value is -1.65. The molecule has 0 aliphatic rings. The van der Waals surface area contributed by atoms with E-state index >= 15 is 0 Å². The molecule has 1 atom stereocenters. The summed E-state index contributed by atoms with van der Waals surface area (Å²) in [5.74, 6) is 0.666. The predicted molar refractivity (Wildman–Crippen MR) is 72.2 cm³/mol. The van der Waals surface area contributed by atoms with Gasteiger partial charge in [-0.05, 0) is 30.7 Å². The first-order chi connectivity index (χ1) is 8.61. The van der Waals surface area contributed by atoms with E-state index in [1.54, 1.807) is 25.3 Å². The first-order valence-corrected chi connectivity index (χ1v) is 6.58. The van der Waals surface area contributed by atoms with Gasteiger partial charge in [0.05, 0.1) is 12.0 Å². The summed E-state index contributed by atoms with van der Waals surface area (Å²) in [5, 5.41) is 0. The Labute approximate surface area is 109 Å². The van der Waals surface area contributed by atoms with Crippen molar-refractivity contribution in [2.75, 3.05) is 7.11 Å². The van der Waals surface area contributed by atoms with E-state index in [2.05, 4.69) is 0 Å². The molecule has 0 bridgehead atoms. The molecule has 2 rings (SSSR count). The van der Waals surface area contributed by atoms with E-state index in [1.165, 1.54) is 0 Å². The fraction of sp³-hybridized carbons (Fsp3) is 0.143. The number of aryl methyl sites for hydroxylation is 1. The van der Waals surface area contributed by atoms with Gasteiger partial charge in [-0.2, -0.15) is 0 Å². The summed E-state index contributed by atoms with van der Waals surface area (Å²) in [4.78, 5) is 0.389. The summed E-state index contributed by atoms with van der Waals surface area (Å²) in [6.45, 7) is 2.00. The molecule has 0 saturated carbocycles. The van der Waals surface area contributed by atoms with Crippen molar-refractivity contribution in [3.8, 4) is 16.9 Å². The second-order valence-electron chi connectivity index (χ2n) is 3.98. The van der Waals surface area contributed by atoms with Gasteiger partial charge in [-0.1, -0.05) is 29.8 Å². The minimum absolute atomic E-state index is 0.389. The normalized spacial score (nSPS) is 12.2. The fourth-order valence-electron chi connectivity index (χ4n) is 1.75. The Kier molecular flexibility index (Phi) is 3.79. The fourth-order valence-corrected chi connectivity index (χ4v) is 2.30. The third-order valence-corrected chi connectivity index (χ3v) is 3.47. The predicted octanol–water partition coefficient (Wildman–Crippen LogP) is 3.25. The molecule has 4 heteroatoms. The van der Waals surface area contributed by atoms with Crippen molar-refractivity contribution >= 4 is 11.1 Å². The molecular weight excluding hydrogens is 248 g/mol. The van der Waals surface area contributed by atoms with Crippen LogP contribution in [0.5, 0.6) is 5.75 Å². The Bertz CT molecular complexity index is 576. The number of benzene rings is 2. The summed E-state index contributed by atoms with van der Waals surface area (Å²) in [5.41, 5.74) is 2.76. The van der Waals surface area contributed by atoms with Crippen LogP contribution in [-0.4, -0.2) is 15.9 Å². The molecule has 1 N–H and O–H groups in total. The van der Waals surface area contributed by atoms with Crippen molar-refractivity contribution in [1.82, 2.24) is 0 Å². The monoisotopic (exact) mass is 262 g/mol. The van der Waals surface area contributed by atoms with E-state index in [4.69, 9.17) is 4.74 Å². The van der Waals surface area contributed by atoms with Crippen LogP contribution < -0.4 is 4.74 Å². The highest BCUT2D eigenvalue weighted by molar-refractivity contribution is 7.79. The van der Waals surface area contributed by atoms with E-state index in [1.807, 2.05) is 31.2 Å². The largest absolute Gasteiger partial charge is 0.497 e. The van der Waals surface area contributed by atoms with Crippen molar-refractivity contribution in [2.45, 2.75) is 11.8 Å². The van der Waals surface area contributed by atoms with Gasteiger partial charge in [0.2, 0.25) is 0 Å². The molecule has 3 nitrogen and oxygen atoms in total. The molecule has 0 amide bonds. The molecule has 0 spiro atoms. The maximum absolute atomic E-state index is 11.3. The van der Waals surface area contributed by atoms with Crippen molar-refractivity contribution in [3.63, 3.8) is 0 Å². The smallest absolute Gasteiger partial charge is 0.187 e. The zero-order valence-corrected chi connectivity index (χ0v) is 11.0. The van der Waals surface area contributed by atoms with Gasteiger partial charge in [0.25, 0.3) is 0 Å². The maximum atomic E-state index is 11.3. The molecule has 0 aliphatic heterocycles. The van der Waals surface area contributed by atoms with Crippen LogP contribution in [0.3, 0.4) is 0 Å². The van der Waals surface area contributed by atoms with Gasteiger partial charge >= 0.3 is 0 Å². The lowest BCUT2D eigenvalue weighted by Gasteiger charge is -2.09. The quantitative estimate of drug-likeness (QED) is 0.864. The number of rotatable bonds is 3. The minimum atomic E-state index is -2.01. The van der Waals surface area contributed by atoms with Crippen LogP contribution in [0.2, 0.25) is 0 Å². The van der Waals surface area contributed by atoms with E-state index in [0.717, 1.165) is 16.7 Å². The molecule has 18 heavy (non-hydrogen) atoms. The van der Waals surface area contributed by atoms with Crippen LogP contribution in [0.4, 0.5) is 0 Å². The third-order valence-electron chi connectivity index (χ3n) is 2.74. The van der Waals surface area contributed by atoms with Gasteiger partial charge < -0.3 is 9.29 Å². The Balaban J connectivity index is 2.59. The van der Waals surface area contributed by atoms with Crippen LogP contribution in [0.25, 0.3) is 11.1 Å². The van der Waals surface area contributed by atoms with Crippen molar-refractivity contribution < 1.29 is 13.5 Å². The van der Waals surface area contributed by atoms with Gasteiger partial charge in [0.15, 0.2) is 11.1 Å². The summed E-state index contributed by atoms with van der Waals surface area (Å²) in [6.07, 6.45) is 0. The van der Waals surface area contributed by atoms with E-state index < -0.39 is 11.1 Å². The van der Waals surface area contributed by atoms with Gasteiger partial charge in [0, 0.05) is 5.56 Å². The molecule has 0 aliphatic carbocycles. The highest BCUT2D eigenvalue weighted by atomic mass is 32.2. The molecule has 0 saturated heterocycles. The minimum Gasteiger partial charge on any atom is -0.497 e. The molecular formula is C14H14O3S. The summed E-state index contributed by atoms with van der Waals surface area (Å²) >= 11 is -2.01. The van der Waals surface area contributed by atoms with Gasteiger partial charge in [-0.15, -0.1) is 0 Å². The zero-order valence-electron chi connectivity index (χ0n) is 10.2. The summed E-state index contributed by atoms with van der Waals surface area (Å²) < 4.78 is 25.8. The number of hydrogen-bond donors (Lipinski definition) is 1. The molecule has 0 fully saturated rings. The topological polar surface area (TPSA) is 46.5 Å². The van der Waals surface area contributed by atoms with Crippen LogP contribution in [-0.2, 0) is 11.1 Å². The SMILES string of the molecule is COc1ccc(S(=O)O)c(-c2ccc(C)cc2)c1. The van der Waals surface area contributed by atoms with Crippen molar-refractivity contribution in [3.05, 3.63) is 48.0 Å². The lowest BCUT2D eigenvalue weighted by atomic mass is 10.0. The van der Waals surface area contributed by atoms with Crippen LogP contribution >= 0.6 is 0 Å². The second kappa shape index (κ2) is 5.33. The Morgan fingerprint density at radius 3 is 2.33 bits per heavy atom. The molecule has 1 unspecified atom stereocenters. The molecule has 0 heterocycles. The molecule has 94 valence electrons. The van der Waals surface area contributed by atoms with Crippen molar-refractivity contribution in [2.24, 2.45) is 0 Å². The van der Waals surface area contributed by atoms with Gasteiger partial charge in [0.1, 0.15) is 5.75 Å². The maximum Gasteiger partial charge on any atom is 0.187 e. The van der Waals surface area contributed by atoms with Crippen LogP contribution in [0.15, 0.2) is 47.4 Å². The number of methoxy groups -OCH3 is 1. The Morgan fingerprint density at radius 1 is 1.11 bits per heavy atom.